The van der Waals surface area contributed by atoms with Crippen LogP contribution in [0.1, 0.15) is 34.0 Å². The molecule has 0 saturated carbocycles. The number of amides is 3. The topological polar surface area (TPSA) is 105 Å². The third-order valence-electron chi connectivity index (χ3n) is 4.61. The summed E-state index contributed by atoms with van der Waals surface area (Å²) >= 11 is 0. The number of anilines is 1. The highest BCUT2D eigenvalue weighted by atomic mass is 16.5. The van der Waals surface area contributed by atoms with Gasteiger partial charge in [0.1, 0.15) is 0 Å². The molecule has 0 aromatic heterocycles. The Labute approximate surface area is 181 Å². The number of nitrogens with one attached hydrogen (secondary N) is 2. The maximum Gasteiger partial charge on any atom is 0.338 e. The van der Waals surface area contributed by atoms with Gasteiger partial charge in [-0.3, -0.25) is 14.4 Å². The van der Waals surface area contributed by atoms with Crippen LogP contribution in [-0.2, 0) is 25.7 Å². The molecule has 0 unspecified atom stereocenters. The number of benzene rings is 2. The Morgan fingerprint density at radius 3 is 2.16 bits per heavy atom. The van der Waals surface area contributed by atoms with E-state index in [9.17, 15) is 19.2 Å². The van der Waals surface area contributed by atoms with Gasteiger partial charge >= 0.3 is 5.97 Å². The Morgan fingerprint density at radius 1 is 0.968 bits per heavy atom. The fourth-order valence-electron chi connectivity index (χ4n) is 2.80. The Morgan fingerprint density at radius 2 is 1.58 bits per heavy atom. The Kier molecular flexibility index (Phi) is 8.31. The standard InChI is InChI=1S/C23H27N3O5/c1-15-6-5-7-16(2)22(15)25-20(28)13-26(4)21(29)14-31-23(30)19-10-8-18(9-11-19)12-24-17(3)27/h5-11H,12-14H2,1-4H3,(H,24,27)(H,25,28). The largest absolute Gasteiger partial charge is 0.452 e. The summed E-state index contributed by atoms with van der Waals surface area (Å²) in [7, 11) is 1.47. The highest BCUT2D eigenvalue weighted by molar-refractivity contribution is 5.96. The molecule has 0 aliphatic rings. The van der Waals surface area contributed by atoms with Gasteiger partial charge in [0.15, 0.2) is 6.61 Å². The molecule has 0 heterocycles. The summed E-state index contributed by atoms with van der Waals surface area (Å²) in [6.45, 7) is 4.93. The fraction of sp³-hybridized carbons (Fsp3) is 0.304. The lowest BCUT2D eigenvalue weighted by Crippen LogP contribution is -2.37. The number of hydrogen-bond acceptors (Lipinski definition) is 5. The Hall–Kier alpha value is -3.68. The first-order valence-corrected chi connectivity index (χ1v) is 9.78. The molecule has 0 saturated heterocycles. The lowest BCUT2D eigenvalue weighted by atomic mass is 10.1. The molecular weight excluding hydrogens is 398 g/mol. The summed E-state index contributed by atoms with van der Waals surface area (Å²) in [6, 6.07) is 12.2. The van der Waals surface area contributed by atoms with E-state index in [4.69, 9.17) is 4.74 Å². The number of para-hydroxylation sites is 1. The first kappa shape index (κ1) is 23.6. The van der Waals surface area contributed by atoms with E-state index in [1.54, 1.807) is 24.3 Å². The fourth-order valence-corrected chi connectivity index (χ4v) is 2.80. The van der Waals surface area contributed by atoms with Crippen molar-refractivity contribution in [1.29, 1.82) is 0 Å². The van der Waals surface area contributed by atoms with Gasteiger partial charge in [-0.25, -0.2) is 4.79 Å². The van der Waals surface area contributed by atoms with E-state index in [0.29, 0.717) is 6.54 Å². The quantitative estimate of drug-likeness (QED) is 0.631. The number of nitrogens with zero attached hydrogens (tertiary/aromatic N) is 1. The SMILES string of the molecule is CC(=O)NCc1ccc(C(=O)OCC(=O)N(C)CC(=O)Nc2c(C)cccc2C)cc1. The average molecular weight is 425 g/mol. The minimum Gasteiger partial charge on any atom is -0.452 e. The van der Waals surface area contributed by atoms with Crippen LogP contribution in [0.25, 0.3) is 0 Å². The van der Waals surface area contributed by atoms with E-state index in [1.807, 2.05) is 32.0 Å². The van der Waals surface area contributed by atoms with Crippen LogP contribution >= 0.6 is 0 Å². The van der Waals surface area contributed by atoms with Crippen molar-refractivity contribution in [3.8, 4) is 0 Å². The minimum atomic E-state index is -0.646. The van der Waals surface area contributed by atoms with Gasteiger partial charge in [0.05, 0.1) is 12.1 Å². The molecule has 0 aliphatic heterocycles. The molecule has 0 radical (unpaired) electrons. The second-order valence-corrected chi connectivity index (χ2v) is 7.25. The number of rotatable bonds is 8. The monoisotopic (exact) mass is 425 g/mol. The Bertz CT molecular complexity index is 949. The van der Waals surface area contributed by atoms with Crippen molar-refractivity contribution in [3.05, 3.63) is 64.7 Å². The molecule has 2 rings (SSSR count). The number of carbonyl (C=O) groups excluding carboxylic acids is 4. The summed E-state index contributed by atoms with van der Waals surface area (Å²) in [6.07, 6.45) is 0. The van der Waals surface area contributed by atoms with Crippen LogP contribution in [0.5, 0.6) is 0 Å². The molecule has 8 nitrogen and oxygen atoms in total. The first-order chi connectivity index (χ1) is 14.7. The number of esters is 1. The van der Waals surface area contributed by atoms with E-state index >= 15 is 0 Å². The maximum atomic E-state index is 12.3. The summed E-state index contributed by atoms with van der Waals surface area (Å²) in [5.41, 5.74) is 3.70. The molecule has 0 atom stereocenters. The smallest absolute Gasteiger partial charge is 0.338 e. The lowest BCUT2D eigenvalue weighted by molar-refractivity contribution is -0.136. The lowest BCUT2D eigenvalue weighted by Gasteiger charge is -2.18. The van der Waals surface area contributed by atoms with Crippen molar-refractivity contribution in [2.24, 2.45) is 0 Å². The van der Waals surface area contributed by atoms with E-state index in [0.717, 1.165) is 22.4 Å². The first-order valence-electron chi connectivity index (χ1n) is 9.78. The van der Waals surface area contributed by atoms with Crippen LogP contribution in [-0.4, -0.2) is 48.8 Å². The molecule has 0 bridgehead atoms. The van der Waals surface area contributed by atoms with Gasteiger partial charge in [0, 0.05) is 26.2 Å². The zero-order valence-corrected chi connectivity index (χ0v) is 18.2. The van der Waals surface area contributed by atoms with Crippen molar-refractivity contribution in [2.45, 2.75) is 27.3 Å². The highest BCUT2D eigenvalue weighted by Gasteiger charge is 2.17. The van der Waals surface area contributed by atoms with Crippen molar-refractivity contribution < 1.29 is 23.9 Å². The number of aryl methyl sites for hydroxylation is 2. The van der Waals surface area contributed by atoms with Crippen LogP contribution in [0.4, 0.5) is 5.69 Å². The molecule has 164 valence electrons. The molecule has 2 N–H and O–H groups in total. The number of carbonyl (C=O) groups is 4. The van der Waals surface area contributed by atoms with E-state index < -0.39 is 18.5 Å². The van der Waals surface area contributed by atoms with Gasteiger partial charge in [-0.15, -0.1) is 0 Å². The van der Waals surface area contributed by atoms with Crippen LogP contribution in [0.3, 0.4) is 0 Å². The van der Waals surface area contributed by atoms with E-state index in [1.165, 1.54) is 18.9 Å². The van der Waals surface area contributed by atoms with Crippen LogP contribution in [0.2, 0.25) is 0 Å². The van der Waals surface area contributed by atoms with E-state index in [2.05, 4.69) is 10.6 Å². The van der Waals surface area contributed by atoms with Gasteiger partial charge in [-0.05, 0) is 42.7 Å². The maximum absolute atomic E-state index is 12.3. The molecule has 2 aromatic rings. The van der Waals surface area contributed by atoms with Crippen molar-refractivity contribution in [3.63, 3.8) is 0 Å². The van der Waals surface area contributed by atoms with Crippen LogP contribution in [0, 0.1) is 13.8 Å². The second-order valence-electron chi connectivity index (χ2n) is 7.25. The zero-order chi connectivity index (χ0) is 23.0. The molecule has 0 fully saturated rings. The second kappa shape index (κ2) is 10.9. The summed E-state index contributed by atoms with van der Waals surface area (Å²) in [5.74, 6) is -1.62. The van der Waals surface area contributed by atoms with Crippen molar-refractivity contribution in [2.75, 3.05) is 25.5 Å². The number of ether oxygens (including phenoxy) is 1. The average Bonchev–Trinajstić information content (AvgIpc) is 2.73. The van der Waals surface area contributed by atoms with Crippen LogP contribution in [0.15, 0.2) is 42.5 Å². The van der Waals surface area contributed by atoms with Gasteiger partial charge in [0.2, 0.25) is 11.8 Å². The van der Waals surface area contributed by atoms with Gasteiger partial charge < -0.3 is 20.3 Å². The van der Waals surface area contributed by atoms with Gasteiger partial charge in [-0.1, -0.05) is 30.3 Å². The normalized spacial score (nSPS) is 10.2. The van der Waals surface area contributed by atoms with Crippen molar-refractivity contribution >= 4 is 29.4 Å². The molecule has 0 spiro atoms. The molecule has 31 heavy (non-hydrogen) atoms. The van der Waals surface area contributed by atoms with Crippen molar-refractivity contribution in [1.82, 2.24) is 10.2 Å². The summed E-state index contributed by atoms with van der Waals surface area (Å²) in [5, 5.41) is 5.47. The molecule has 8 heteroatoms. The number of hydrogen-bond donors (Lipinski definition) is 2. The zero-order valence-electron chi connectivity index (χ0n) is 18.2. The molecule has 2 aromatic carbocycles. The predicted octanol–water partition coefficient (Wildman–Crippen LogP) is 2.19. The molecule has 0 aliphatic carbocycles. The third kappa shape index (κ3) is 7.26. The molecular formula is C23H27N3O5. The summed E-state index contributed by atoms with van der Waals surface area (Å²) in [4.78, 5) is 48.8. The highest BCUT2D eigenvalue weighted by Crippen LogP contribution is 2.19. The Balaban J connectivity index is 1.82. The summed E-state index contributed by atoms with van der Waals surface area (Å²) < 4.78 is 5.06. The van der Waals surface area contributed by atoms with Crippen LogP contribution < -0.4 is 10.6 Å². The minimum absolute atomic E-state index is 0.145. The third-order valence-corrected chi connectivity index (χ3v) is 4.61. The predicted molar refractivity (Wildman–Crippen MR) is 116 cm³/mol. The molecule has 3 amide bonds. The van der Waals surface area contributed by atoms with Gasteiger partial charge in [0.25, 0.3) is 5.91 Å². The van der Waals surface area contributed by atoms with Gasteiger partial charge in [-0.2, -0.15) is 0 Å². The van der Waals surface area contributed by atoms with E-state index in [-0.39, 0.29) is 23.9 Å². The number of likely N-dealkylation sites (N-methyl/N-ethyl adjacent to an activating group) is 1.